The van der Waals surface area contributed by atoms with E-state index in [1.165, 1.54) is 0 Å². The van der Waals surface area contributed by atoms with Crippen LogP contribution in [0.5, 0.6) is 0 Å². The predicted octanol–water partition coefficient (Wildman–Crippen LogP) is 4.70. The Kier molecular flexibility index (Phi) is 5.35. The lowest BCUT2D eigenvalue weighted by Gasteiger charge is -2.29. The standard InChI is InChI=1S/C24H24N2O3S/c1-17-12-13-18(2)23(15-17)30(28,29)25-21-10-5-8-20(16-21)24(27)26-14-6-9-19-7-3-4-11-22(19)26/h3-5,7-8,10-13,15-16,25H,6,9,14H2,1-2H3. The van der Waals surface area contributed by atoms with Gasteiger partial charge in [0.05, 0.1) is 4.90 Å². The van der Waals surface area contributed by atoms with Crippen molar-refractivity contribution in [3.8, 4) is 0 Å². The number of para-hydroxylation sites is 1. The van der Waals surface area contributed by atoms with Crippen LogP contribution in [0.3, 0.4) is 0 Å². The van der Waals surface area contributed by atoms with Gasteiger partial charge in [-0.2, -0.15) is 0 Å². The van der Waals surface area contributed by atoms with E-state index in [1.807, 2.05) is 37.3 Å². The van der Waals surface area contributed by atoms with Crippen molar-refractivity contribution in [2.75, 3.05) is 16.2 Å². The van der Waals surface area contributed by atoms with Gasteiger partial charge in [-0.15, -0.1) is 0 Å². The van der Waals surface area contributed by atoms with E-state index in [0.717, 1.165) is 29.7 Å². The van der Waals surface area contributed by atoms with Crippen LogP contribution < -0.4 is 9.62 Å². The Morgan fingerprint density at radius 1 is 0.967 bits per heavy atom. The molecule has 1 aliphatic heterocycles. The molecule has 0 fully saturated rings. The molecule has 0 unspecified atom stereocenters. The second-order valence-corrected chi connectivity index (χ2v) is 9.30. The molecule has 3 aromatic carbocycles. The van der Waals surface area contributed by atoms with Crippen LogP contribution in [-0.4, -0.2) is 20.9 Å². The zero-order valence-electron chi connectivity index (χ0n) is 17.1. The van der Waals surface area contributed by atoms with Gasteiger partial charge < -0.3 is 4.90 Å². The van der Waals surface area contributed by atoms with Crippen LogP contribution in [-0.2, 0) is 16.4 Å². The summed E-state index contributed by atoms with van der Waals surface area (Å²) in [6, 6.07) is 19.9. The molecule has 0 aromatic heterocycles. The van der Waals surface area contributed by atoms with E-state index >= 15 is 0 Å². The molecule has 5 nitrogen and oxygen atoms in total. The number of aryl methyl sites for hydroxylation is 3. The molecule has 0 radical (unpaired) electrons. The molecule has 30 heavy (non-hydrogen) atoms. The molecule has 6 heteroatoms. The number of benzene rings is 3. The molecule has 4 rings (SSSR count). The van der Waals surface area contributed by atoms with Gasteiger partial charge in [-0.3, -0.25) is 9.52 Å². The molecule has 1 amide bonds. The van der Waals surface area contributed by atoms with Crippen LogP contribution in [0.25, 0.3) is 0 Å². The molecule has 0 atom stereocenters. The highest BCUT2D eigenvalue weighted by Gasteiger charge is 2.24. The SMILES string of the molecule is Cc1ccc(C)c(S(=O)(=O)Nc2cccc(C(=O)N3CCCc4ccccc43)c2)c1. The van der Waals surface area contributed by atoms with Crippen molar-refractivity contribution in [2.45, 2.75) is 31.6 Å². The van der Waals surface area contributed by atoms with E-state index in [-0.39, 0.29) is 10.8 Å². The quantitative estimate of drug-likeness (QED) is 0.665. The maximum Gasteiger partial charge on any atom is 0.262 e. The minimum absolute atomic E-state index is 0.130. The number of rotatable bonds is 4. The number of carbonyl (C=O) groups is 1. The lowest BCUT2D eigenvalue weighted by atomic mass is 10.0. The molecule has 0 saturated carbocycles. The summed E-state index contributed by atoms with van der Waals surface area (Å²) in [7, 11) is -3.76. The zero-order valence-corrected chi connectivity index (χ0v) is 17.9. The summed E-state index contributed by atoms with van der Waals surface area (Å²) >= 11 is 0. The minimum Gasteiger partial charge on any atom is -0.308 e. The molecule has 0 aliphatic carbocycles. The third-order valence-electron chi connectivity index (χ3n) is 5.35. The Balaban J connectivity index is 1.62. The summed E-state index contributed by atoms with van der Waals surface area (Å²) in [5.74, 6) is -0.130. The molecule has 1 aliphatic rings. The van der Waals surface area contributed by atoms with Crippen LogP contribution in [0, 0.1) is 13.8 Å². The maximum absolute atomic E-state index is 13.2. The highest BCUT2D eigenvalue weighted by atomic mass is 32.2. The van der Waals surface area contributed by atoms with Gasteiger partial charge in [-0.1, -0.05) is 36.4 Å². The summed E-state index contributed by atoms with van der Waals surface area (Å²) in [5, 5.41) is 0. The molecular weight excluding hydrogens is 396 g/mol. The number of carbonyl (C=O) groups excluding carboxylic acids is 1. The van der Waals surface area contributed by atoms with Crippen LogP contribution in [0.1, 0.15) is 33.5 Å². The van der Waals surface area contributed by atoms with Crippen LogP contribution in [0.4, 0.5) is 11.4 Å². The Morgan fingerprint density at radius 3 is 2.60 bits per heavy atom. The number of nitrogens with zero attached hydrogens (tertiary/aromatic N) is 1. The number of amides is 1. The first-order chi connectivity index (χ1) is 14.3. The fourth-order valence-electron chi connectivity index (χ4n) is 3.82. The number of fused-ring (bicyclic) bond motifs is 1. The van der Waals surface area contributed by atoms with Crippen molar-refractivity contribution >= 4 is 27.3 Å². The predicted molar refractivity (Wildman–Crippen MR) is 120 cm³/mol. The van der Waals surface area contributed by atoms with Crippen molar-refractivity contribution in [2.24, 2.45) is 0 Å². The van der Waals surface area contributed by atoms with Gasteiger partial charge in [0.2, 0.25) is 0 Å². The zero-order chi connectivity index (χ0) is 21.3. The number of anilines is 2. The monoisotopic (exact) mass is 420 g/mol. The summed E-state index contributed by atoms with van der Waals surface area (Å²) in [5.41, 5.74) is 4.44. The molecule has 0 bridgehead atoms. The van der Waals surface area contributed by atoms with E-state index in [1.54, 1.807) is 48.2 Å². The van der Waals surface area contributed by atoms with Crippen molar-refractivity contribution in [3.63, 3.8) is 0 Å². The smallest absolute Gasteiger partial charge is 0.262 e. The van der Waals surface area contributed by atoms with Gasteiger partial charge in [-0.05, 0) is 73.7 Å². The van der Waals surface area contributed by atoms with Gasteiger partial charge in [0.25, 0.3) is 15.9 Å². The van der Waals surface area contributed by atoms with Gasteiger partial charge in [0, 0.05) is 23.5 Å². The van der Waals surface area contributed by atoms with Gasteiger partial charge in [-0.25, -0.2) is 8.42 Å². The van der Waals surface area contributed by atoms with Crippen molar-refractivity contribution in [1.82, 2.24) is 0 Å². The van der Waals surface area contributed by atoms with Crippen LogP contribution >= 0.6 is 0 Å². The Labute approximate surface area is 177 Å². The molecule has 154 valence electrons. The first-order valence-electron chi connectivity index (χ1n) is 9.95. The van der Waals surface area contributed by atoms with E-state index in [9.17, 15) is 13.2 Å². The van der Waals surface area contributed by atoms with E-state index in [4.69, 9.17) is 0 Å². The number of hydrogen-bond donors (Lipinski definition) is 1. The topological polar surface area (TPSA) is 66.5 Å². The molecule has 1 heterocycles. The highest BCUT2D eigenvalue weighted by Crippen LogP contribution is 2.29. The Bertz CT molecular complexity index is 1220. The van der Waals surface area contributed by atoms with Crippen LogP contribution in [0.2, 0.25) is 0 Å². The van der Waals surface area contributed by atoms with Crippen molar-refractivity contribution in [3.05, 3.63) is 89.0 Å². The summed E-state index contributed by atoms with van der Waals surface area (Å²) < 4.78 is 28.5. The van der Waals surface area contributed by atoms with E-state index in [2.05, 4.69) is 4.72 Å². The fraction of sp³-hybridized carbons (Fsp3) is 0.208. The lowest BCUT2D eigenvalue weighted by Crippen LogP contribution is -2.35. The molecule has 1 N–H and O–H groups in total. The van der Waals surface area contributed by atoms with Gasteiger partial charge in [0.15, 0.2) is 0 Å². The number of nitrogens with one attached hydrogen (secondary N) is 1. The van der Waals surface area contributed by atoms with Gasteiger partial charge >= 0.3 is 0 Å². The van der Waals surface area contributed by atoms with Gasteiger partial charge in [0.1, 0.15) is 0 Å². The average molecular weight is 421 g/mol. The maximum atomic E-state index is 13.2. The highest BCUT2D eigenvalue weighted by molar-refractivity contribution is 7.92. The first-order valence-corrected chi connectivity index (χ1v) is 11.4. The first kappa shape index (κ1) is 20.2. The summed E-state index contributed by atoms with van der Waals surface area (Å²) in [6.45, 7) is 4.27. The second kappa shape index (κ2) is 7.95. The number of sulfonamides is 1. The molecule has 0 spiro atoms. The molecule has 3 aromatic rings. The van der Waals surface area contributed by atoms with E-state index in [0.29, 0.717) is 23.4 Å². The Morgan fingerprint density at radius 2 is 1.77 bits per heavy atom. The largest absolute Gasteiger partial charge is 0.308 e. The summed E-state index contributed by atoms with van der Waals surface area (Å²) in [6.07, 6.45) is 1.86. The number of hydrogen-bond acceptors (Lipinski definition) is 3. The van der Waals surface area contributed by atoms with Crippen LogP contribution in [0.15, 0.2) is 71.6 Å². The normalized spacial score (nSPS) is 13.6. The fourth-order valence-corrected chi connectivity index (χ4v) is 5.20. The molecular formula is C24H24N2O3S. The Hall–Kier alpha value is -3.12. The van der Waals surface area contributed by atoms with E-state index < -0.39 is 10.0 Å². The summed E-state index contributed by atoms with van der Waals surface area (Å²) in [4.78, 5) is 15.2. The minimum atomic E-state index is -3.76. The second-order valence-electron chi connectivity index (χ2n) is 7.64. The molecule has 0 saturated heterocycles. The van der Waals surface area contributed by atoms with Crippen molar-refractivity contribution in [1.29, 1.82) is 0 Å². The van der Waals surface area contributed by atoms with Crippen molar-refractivity contribution < 1.29 is 13.2 Å². The average Bonchev–Trinajstić information content (AvgIpc) is 2.74. The third kappa shape index (κ3) is 3.96. The third-order valence-corrected chi connectivity index (χ3v) is 6.87. The lowest BCUT2D eigenvalue weighted by molar-refractivity contribution is 0.0985.